The van der Waals surface area contributed by atoms with E-state index in [0.29, 0.717) is 12.1 Å². The van der Waals surface area contributed by atoms with E-state index in [1.165, 1.54) is 18.5 Å². The van der Waals surface area contributed by atoms with Crippen LogP contribution in [-0.4, -0.2) is 49.2 Å². The Bertz CT molecular complexity index is 417. The highest BCUT2D eigenvalue weighted by molar-refractivity contribution is 5.47. The van der Waals surface area contributed by atoms with Gasteiger partial charge in [-0.2, -0.15) is 0 Å². The maximum Gasteiger partial charge on any atom is 0.0562 e. The van der Waals surface area contributed by atoms with Crippen LogP contribution < -0.4 is 10.2 Å². The molecule has 1 aromatic heterocycles. The molecular formula is C16H28N4. The van der Waals surface area contributed by atoms with Crippen LogP contribution in [0.4, 0.5) is 5.69 Å². The summed E-state index contributed by atoms with van der Waals surface area (Å²) in [5, 5.41) is 3.43. The van der Waals surface area contributed by atoms with E-state index in [1.807, 2.05) is 6.20 Å². The van der Waals surface area contributed by atoms with Crippen LogP contribution >= 0.6 is 0 Å². The van der Waals surface area contributed by atoms with Crippen molar-refractivity contribution in [1.82, 2.24) is 15.2 Å². The van der Waals surface area contributed by atoms with Crippen LogP contribution in [0, 0.1) is 0 Å². The predicted molar refractivity (Wildman–Crippen MR) is 85.1 cm³/mol. The summed E-state index contributed by atoms with van der Waals surface area (Å²) in [5.74, 6) is 0. The summed E-state index contributed by atoms with van der Waals surface area (Å²) in [7, 11) is 4.36. The normalized spacial score (nSPS) is 19.9. The maximum atomic E-state index is 4.46. The number of hydrogen-bond acceptors (Lipinski definition) is 4. The summed E-state index contributed by atoms with van der Waals surface area (Å²) in [6, 6.07) is 5.52. The molecular weight excluding hydrogens is 248 g/mol. The van der Waals surface area contributed by atoms with Gasteiger partial charge >= 0.3 is 0 Å². The lowest BCUT2D eigenvalue weighted by atomic mass is 10.0. The van der Waals surface area contributed by atoms with Crippen LogP contribution in [0.25, 0.3) is 0 Å². The Labute approximate surface area is 123 Å². The van der Waals surface area contributed by atoms with Crippen molar-refractivity contribution in [2.45, 2.75) is 45.3 Å². The molecule has 4 nitrogen and oxygen atoms in total. The van der Waals surface area contributed by atoms with E-state index in [-0.39, 0.29) is 0 Å². The molecule has 2 heterocycles. The quantitative estimate of drug-likeness (QED) is 0.892. The van der Waals surface area contributed by atoms with Gasteiger partial charge in [-0.1, -0.05) is 13.8 Å². The fourth-order valence-corrected chi connectivity index (χ4v) is 2.68. The lowest BCUT2D eigenvalue weighted by molar-refractivity contribution is 0.258. The molecule has 0 aromatic carbocycles. The van der Waals surface area contributed by atoms with Gasteiger partial charge in [-0.3, -0.25) is 4.98 Å². The second kappa shape index (κ2) is 7.04. The van der Waals surface area contributed by atoms with E-state index in [4.69, 9.17) is 0 Å². The SMILES string of the molecule is CC(C)NCc1cc(N2CCCC(N(C)C)C2)ccn1. The zero-order chi connectivity index (χ0) is 14.5. The molecule has 1 saturated heterocycles. The van der Waals surface area contributed by atoms with E-state index < -0.39 is 0 Å². The van der Waals surface area contributed by atoms with Crippen molar-refractivity contribution in [2.75, 3.05) is 32.1 Å². The van der Waals surface area contributed by atoms with Crippen LogP contribution in [0.5, 0.6) is 0 Å². The Kier molecular flexibility index (Phi) is 5.38. The second-order valence-corrected chi connectivity index (χ2v) is 6.25. The summed E-state index contributed by atoms with van der Waals surface area (Å²) in [6.45, 7) is 7.45. The summed E-state index contributed by atoms with van der Waals surface area (Å²) in [6.07, 6.45) is 4.51. The Balaban J connectivity index is 2.02. The predicted octanol–water partition coefficient (Wildman–Crippen LogP) is 2.11. The highest BCUT2D eigenvalue weighted by atomic mass is 15.2. The smallest absolute Gasteiger partial charge is 0.0562 e. The minimum Gasteiger partial charge on any atom is -0.370 e. The lowest BCUT2D eigenvalue weighted by Crippen LogP contribution is -2.45. The maximum absolute atomic E-state index is 4.46. The molecule has 0 saturated carbocycles. The molecule has 0 amide bonds. The van der Waals surface area contributed by atoms with E-state index in [1.54, 1.807) is 0 Å². The van der Waals surface area contributed by atoms with Crippen molar-refractivity contribution in [2.24, 2.45) is 0 Å². The first kappa shape index (κ1) is 15.3. The van der Waals surface area contributed by atoms with Gasteiger partial charge in [0.15, 0.2) is 0 Å². The number of hydrogen-bond donors (Lipinski definition) is 1. The molecule has 0 aliphatic carbocycles. The summed E-state index contributed by atoms with van der Waals surface area (Å²) in [4.78, 5) is 9.30. The molecule has 0 spiro atoms. The summed E-state index contributed by atoms with van der Waals surface area (Å²) < 4.78 is 0. The summed E-state index contributed by atoms with van der Waals surface area (Å²) >= 11 is 0. The Morgan fingerprint density at radius 3 is 2.95 bits per heavy atom. The van der Waals surface area contributed by atoms with E-state index >= 15 is 0 Å². The van der Waals surface area contributed by atoms with Gasteiger partial charge in [0.2, 0.25) is 0 Å². The van der Waals surface area contributed by atoms with Gasteiger partial charge < -0.3 is 15.1 Å². The molecule has 2 rings (SSSR count). The first-order valence-electron chi connectivity index (χ1n) is 7.66. The molecule has 20 heavy (non-hydrogen) atoms. The molecule has 112 valence electrons. The van der Waals surface area contributed by atoms with E-state index in [9.17, 15) is 0 Å². The zero-order valence-electron chi connectivity index (χ0n) is 13.3. The molecule has 4 heteroatoms. The Hall–Kier alpha value is -1.13. The van der Waals surface area contributed by atoms with Crippen molar-refractivity contribution in [1.29, 1.82) is 0 Å². The number of rotatable bonds is 5. The zero-order valence-corrected chi connectivity index (χ0v) is 13.3. The highest BCUT2D eigenvalue weighted by Crippen LogP contribution is 2.21. The number of likely N-dealkylation sites (N-methyl/N-ethyl adjacent to an activating group) is 1. The third-order valence-electron chi connectivity index (χ3n) is 3.98. The van der Waals surface area contributed by atoms with Gasteiger partial charge in [0, 0.05) is 43.6 Å². The Morgan fingerprint density at radius 1 is 1.45 bits per heavy atom. The fraction of sp³-hybridized carbons (Fsp3) is 0.688. The molecule has 1 aromatic rings. The fourth-order valence-electron chi connectivity index (χ4n) is 2.68. The van der Waals surface area contributed by atoms with Crippen LogP contribution in [0.3, 0.4) is 0 Å². The average molecular weight is 276 g/mol. The average Bonchev–Trinajstić information content (AvgIpc) is 2.45. The molecule has 1 unspecified atom stereocenters. The third kappa shape index (κ3) is 4.18. The molecule has 1 N–H and O–H groups in total. The first-order valence-corrected chi connectivity index (χ1v) is 7.66. The topological polar surface area (TPSA) is 31.4 Å². The molecule has 0 radical (unpaired) electrons. The first-order chi connectivity index (χ1) is 9.56. The van der Waals surface area contributed by atoms with Crippen molar-refractivity contribution in [3.63, 3.8) is 0 Å². The van der Waals surface area contributed by atoms with Crippen LogP contribution in [0.2, 0.25) is 0 Å². The van der Waals surface area contributed by atoms with Crippen LogP contribution in [0.15, 0.2) is 18.3 Å². The minimum atomic E-state index is 0.494. The number of pyridine rings is 1. The minimum absolute atomic E-state index is 0.494. The van der Waals surface area contributed by atoms with Gasteiger partial charge in [0.05, 0.1) is 5.69 Å². The van der Waals surface area contributed by atoms with E-state index in [2.05, 4.69) is 60.2 Å². The Morgan fingerprint density at radius 2 is 2.25 bits per heavy atom. The van der Waals surface area contributed by atoms with Gasteiger partial charge in [-0.25, -0.2) is 0 Å². The second-order valence-electron chi connectivity index (χ2n) is 6.25. The number of nitrogens with zero attached hydrogens (tertiary/aromatic N) is 3. The molecule has 1 atom stereocenters. The lowest BCUT2D eigenvalue weighted by Gasteiger charge is -2.37. The van der Waals surface area contributed by atoms with Crippen molar-refractivity contribution < 1.29 is 0 Å². The standard InChI is InChI=1S/C16H28N4/c1-13(2)18-11-14-10-15(7-8-17-14)20-9-5-6-16(12-20)19(3)4/h7-8,10,13,16,18H,5-6,9,11-12H2,1-4H3. The highest BCUT2D eigenvalue weighted by Gasteiger charge is 2.21. The largest absolute Gasteiger partial charge is 0.370 e. The van der Waals surface area contributed by atoms with Crippen molar-refractivity contribution in [3.8, 4) is 0 Å². The molecule has 0 bridgehead atoms. The number of piperidine rings is 1. The van der Waals surface area contributed by atoms with Crippen molar-refractivity contribution in [3.05, 3.63) is 24.0 Å². The molecule has 1 fully saturated rings. The van der Waals surface area contributed by atoms with Gasteiger partial charge in [-0.15, -0.1) is 0 Å². The third-order valence-corrected chi connectivity index (χ3v) is 3.98. The van der Waals surface area contributed by atoms with Crippen molar-refractivity contribution >= 4 is 5.69 Å². The van der Waals surface area contributed by atoms with Gasteiger partial charge in [0.1, 0.15) is 0 Å². The number of anilines is 1. The number of nitrogens with one attached hydrogen (secondary N) is 1. The van der Waals surface area contributed by atoms with Crippen LogP contribution in [0.1, 0.15) is 32.4 Å². The summed E-state index contributed by atoms with van der Waals surface area (Å²) in [5.41, 5.74) is 2.44. The van der Waals surface area contributed by atoms with Gasteiger partial charge in [0.25, 0.3) is 0 Å². The van der Waals surface area contributed by atoms with Gasteiger partial charge in [-0.05, 0) is 39.1 Å². The molecule has 1 aliphatic heterocycles. The molecule has 1 aliphatic rings. The van der Waals surface area contributed by atoms with Crippen LogP contribution in [-0.2, 0) is 6.54 Å². The number of aromatic nitrogens is 1. The monoisotopic (exact) mass is 276 g/mol. The van der Waals surface area contributed by atoms with E-state index in [0.717, 1.165) is 25.3 Å².